The molecule has 0 amide bonds. The van der Waals surface area contributed by atoms with E-state index < -0.39 is 47.4 Å². The van der Waals surface area contributed by atoms with Gasteiger partial charge in [0.25, 0.3) is 0 Å². The molecule has 0 spiro atoms. The monoisotopic (exact) mass is 346 g/mol. The quantitative estimate of drug-likeness (QED) is 0.320. The molecule has 9 heteroatoms. The van der Waals surface area contributed by atoms with Gasteiger partial charge in [0.1, 0.15) is 5.78 Å². The Morgan fingerprint density at radius 3 is 1.04 bits per heavy atom. The molecule has 0 aliphatic carbocycles. The third kappa shape index (κ3) is 5.98. The van der Waals surface area contributed by atoms with E-state index >= 15 is 0 Å². The van der Waals surface area contributed by atoms with Gasteiger partial charge in [0, 0.05) is 5.92 Å². The summed E-state index contributed by atoms with van der Waals surface area (Å²) in [5, 5.41) is 0. The number of hydrogen-bond donors (Lipinski definition) is 0. The number of hydrogen-bond acceptors (Lipinski definition) is 9. The van der Waals surface area contributed by atoms with Crippen LogP contribution in [-0.2, 0) is 42.9 Å². The Kier molecular flexibility index (Phi) is 9.29. The van der Waals surface area contributed by atoms with Crippen molar-refractivity contribution in [2.75, 3.05) is 28.4 Å². The van der Waals surface area contributed by atoms with Gasteiger partial charge in [-0.1, -0.05) is 0 Å². The summed E-state index contributed by atoms with van der Waals surface area (Å²) in [4.78, 5) is 58.7. The standard InChI is InChI=1S/C15H22O9/c1-8(16)9(6-10(12(17)21-2)13(18)22-3)7-11(14(19)23-4)15(20)24-5/h9-11H,6-7H2,1-5H3. The summed E-state index contributed by atoms with van der Waals surface area (Å²) in [6.07, 6.45) is -0.529. The smallest absolute Gasteiger partial charge is 0.320 e. The van der Waals surface area contributed by atoms with Crippen molar-refractivity contribution < 1.29 is 42.9 Å². The Balaban J connectivity index is 5.42. The van der Waals surface area contributed by atoms with Crippen LogP contribution in [0.3, 0.4) is 0 Å². The molecule has 0 saturated carbocycles. The number of ketones is 1. The van der Waals surface area contributed by atoms with Gasteiger partial charge in [0.05, 0.1) is 28.4 Å². The van der Waals surface area contributed by atoms with Crippen molar-refractivity contribution in [1.29, 1.82) is 0 Å². The number of carbonyl (C=O) groups is 5. The maximum Gasteiger partial charge on any atom is 0.320 e. The largest absolute Gasteiger partial charge is 0.468 e. The molecule has 0 radical (unpaired) electrons. The first-order chi connectivity index (χ1) is 11.2. The van der Waals surface area contributed by atoms with Crippen LogP contribution in [0.25, 0.3) is 0 Å². The van der Waals surface area contributed by atoms with Gasteiger partial charge >= 0.3 is 23.9 Å². The fourth-order valence-corrected chi connectivity index (χ4v) is 2.14. The van der Waals surface area contributed by atoms with E-state index in [2.05, 4.69) is 18.9 Å². The Morgan fingerprint density at radius 1 is 0.625 bits per heavy atom. The number of Topliss-reactive ketones (excluding diaryl/α,β-unsaturated/α-hetero) is 1. The van der Waals surface area contributed by atoms with Crippen LogP contribution in [-0.4, -0.2) is 58.1 Å². The van der Waals surface area contributed by atoms with Gasteiger partial charge < -0.3 is 18.9 Å². The van der Waals surface area contributed by atoms with Crippen molar-refractivity contribution in [3.63, 3.8) is 0 Å². The molecule has 0 aromatic heterocycles. The molecule has 0 rings (SSSR count). The number of carbonyl (C=O) groups excluding carboxylic acids is 5. The molecule has 0 saturated heterocycles. The molecule has 0 heterocycles. The van der Waals surface area contributed by atoms with Crippen molar-refractivity contribution >= 4 is 29.7 Å². The van der Waals surface area contributed by atoms with Gasteiger partial charge in [-0.25, -0.2) is 0 Å². The lowest BCUT2D eigenvalue weighted by Crippen LogP contribution is -2.34. The summed E-state index contributed by atoms with van der Waals surface area (Å²) in [5.41, 5.74) is 0. The summed E-state index contributed by atoms with van der Waals surface area (Å²) in [7, 11) is 4.36. The topological polar surface area (TPSA) is 122 Å². The summed E-state index contributed by atoms with van der Waals surface area (Å²) >= 11 is 0. The second kappa shape index (κ2) is 10.3. The molecule has 0 unspecified atom stereocenters. The highest BCUT2D eigenvalue weighted by Crippen LogP contribution is 2.25. The maximum absolute atomic E-state index is 11.9. The number of rotatable bonds is 9. The second-order valence-electron chi connectivity index (χ2n) is 4.98. The first-order valence-electron chi connectivity index (χ1n) is 7.05. The molecule has 0 aromatic rings. The maximum atomic E-state index is 11.9. The first-order valence-corrected chi connectivity index (χ1v) is 7.05. The van der Waals surface area contributed by atoms with Crippen LogP contribution >= 0.6 is 0 Å². The minimum atomic E-state index is -1.34. The van der Waals surface area contributed by atoms with Gasteiger partial charge in [-0.05, 0) is 19.8 Å². The summed E-state index contributed by atoms with van der Waals surface area (Å²) in [6, 6.07) is 0. The molecule has 0 atom stereocenters. The van der Waals surface area contributed by atoms with Crippen LogP contribution in [0.4, 0.5) is 0 Å². The van der Waals surface area contributed by atoms with Crippen molar-refractivity contribution in [2.24, 2.45) is 17.8 Å². The molecule has 136 valence electrons. The fourth-order valence-electron chi connectivity index (χ4n) is 2.14. The normalized spacial score (nSPS) is 10.5. The van der Waals surface area contributed by atoms with Crippen molar-refractivity contribution in [3.8, 4) is 0 Å². The van der Waals surface area contributed by atoms with E-state index in [9.17, 15) is 24.0 Å². The Hall–Kier alpha value is -2.45. The van der Waals surface area contributed by atoms with Gasteiger partial charge in [0.2, 0.25) is 0 Å². The molecule has 0 fully saturated rings. The predicted octanol–water partition coefficient (Wildman–Crippen LogP) is -0.104. The Morgan fingerprint density at radius 2 is 0.875 bits per heavy atom. The fraction of sp³-hybridized carbons (Fsp3) is 0.667. The number of esters is 4. The molecule has 0 aliphatic heterocycles. The molecule has 0 aromatic carbocycles. The lowest BCUT2D eigenvalue weighted by atomic mass is 9.84. The highest BCUT2D eigenvalue weighted by atomic mass is 16.5. The Labute approximate surface area is 139 Å². The highest BCUT2D eigenvalue weighted by molar-refractivity contribution is 5.97. The van der Waals surface area contributed by atoms with E-state index in [0.717, 1.165) is 28.4 Å². The van der Waals surface area contributed by atoms with Gasteiger partial charge in [-0.2, -0.15) is 0 Å². The van der Waals surface area contributed by atoms with Crippen molar-refractivity contribution in [1.82, 2.24) is 0 Å². The zero-order chi connectivity index (χ0) is 18.9. The van der Waals surface area contributed by atoms with E-state index in [-0.39, 0.29) is 12.8 Å². The molecule has 9 nitrogen and oxygen atoms in total. The van der Waals surface area contributed by atoms with Gasteiger partial charge in [0.15, 0.2) is 11.8 Å². The van der Waals surface area contributed by atoms with Gasteiger partial charge in [-0.15, -0.1) is 0 Å². The number of ether oxygens (including phenoxy) is 4. The average molecular weight is 346 g/mol. The minimum absolute atomic E-state index is 0.265. The summed E-state index contributed by atoms with van der Waals surface area (Å²) in [5.74, 6) is -7.54. The first kappa shape index (κ1) is 21.6. The van der Waals surface area contributed by atoms with Gasteiger partial charge in [-0.3, -0.25) is 24.0 Å². The van der Waals surface area contributed by atoms with Crippen molar-refractivity contribution in [3.05, 3.63) is 0 Å². The molecule has 0 bridgehead atoms. The predicted molar refractivity (Wildman–Crippen MR) is 78.4 cm³/mol. The highest BCUT2D eigenvalue weighted by Gasteiger charge is 2.38. The lowest BCUT2D eigenvalue weighted by Gasteiger charge is -2.21. The zero-order valence-corrected chi connectivity index (χ0v) is 14.3. The van der Waals surface area contributed by atoms with E-state index in [1.807, 2.05) is 0 Å². The average Bonchev–Trinajstić information content (AvgIpc) is 2.58. The van der Waals surface area contributed by atoms with E-state index in [1.54, 1.807) is 0 Å². The molecular formula is C15H22O9. The summed E-state index contributed by atoms with van der Waals surface area (Å²) in [6.45, 7) is 1.22. The SMILES string of the molecule is COC(=O)C(CC(CC(C(=O)OC)C(=O)OC)C(C)=O)C(=O)OC. The lowest BCUT2D eigenvalue weighted by molar-refractivity contribution is -0.160. The van der Waals surface area contributed by atoms with E-state index in [0.29, 0.717) is 0 Å². The van der Waals surface area contributed by atoms with E-state index in [1.165, 1.54) is 6.92 Å². The molecule has 0 aliphatic rings. The number of methoxy groups -OCH3 is 4. The van der Waals surface area contributed by atoms with Crippen molar-refractivity contribution in [2.45, 2.75) is 19.8 Å². The minimum Gasteiger partial charge on any atom is -0.468 e. The third-order valence-electron chi connectivity index (χ3n) is 3.56. The van der Waals surface area contributed by atoms with Crippen LogP contribution in [0.1, 0.15) is 19.8 Å². The molecule has 24 heavy (non-hydrogen) atoms. The Bertz CT molecular complexity index is 427. The van der Waals surface area contributed by atoms with E-state index in [4.69, 9.17) is 0 Å². The summed E-state index contributed by atoms with van der Waals surface area (Å²) < 4.78 is 18.1. The van der Waals surface area contributed by atoms with Crippen LogP contribution in [0, 0.1) is 17.8 Å². The molecule has 0 N–H and O–H groups in total. The molecular weight excluding hydrogens is 324 g/mol. The van der Waals surface area contributed by atoms with Crippen LogP contribution in [0.2, 0.25) is 0 Å². The third-order valence-corrected chi connectivity index (χ3v) is 3.56. The van der Waals surface area contributed by atoms with Crippen LogP contribution in [0.5, 0.6) is 0 Å². The zero-order valence-electron chi connectivity index (χ0n) is 14.3. The second-order valence-corrected chi connectivity index (χ2v) is 4.98. The van der Waals surface area contributed by atoms with Crippen LogP contribution in [0.15, 0.2) is 0 Å². The van der Waals surface area contributed by atoms with Crippen LogP contribution < -0.4 is 0 Å².